The fourth-order valence-corrected chi connectivity index (χ4v) is 1.76. The van der Waals surface area contributed by atoms with Crippen molar-refractivity contribution in [2.75, 3.05) is 6.61 Å². The van der Waals surface area contributed by atoms with E-state index in [1.165, 1.54) is 12.5 Å². The average molecular weight is 250 g/mol. The van der Waals surface area contributed by atoms with E-state index >= 15 is 0 Å². The smallest absolute Gasteiger partial charge is 0.303 e. The van der Waals surface area contributed by atoms with Gasteiger partial charge in [0.05, 0.1) is 0 Å². The maximum atomic E-state index is 10.8. The van der Waals surface area contributed by atoms with E-state index in [1.54, 1.807) is 0 Å². The SMILES string of the molecule is CC[C@@H](C)c1ccccc1OC[C@H](C)OC(C)=O. The lowest BCUT2D eigenvalue weighted by Crippen LogP contribution is -2.20. The van der Waals surface area contributed by atoms with Gasteiger partial charge in [0.15, 0.2) is 0 Å². The number of hydrogen-bond acceptors (Lipinski definition) is 3. The highest BCUT2D eigenvalue weighted by Crippen LogP contribution is 2.28. The Labute approximate surface area is 109 Å². The van der Waals surface area contributed by atoms with Gasteiger partial charge in [-0.15, -0.1) is 0 Å². The van der Waals surface area contributed by atoms with E-state index in [0.29, 0.717) is 12.5 Å². The van der Waals surface area contributed by atoms with Crippen LogP contribution >= 0.6 is 0 Å². The summed E-state index contributed by atoms with van der Waals surface area (Å²) in [6, 6.07) is 8.02. The topological polar surface area (TPSA) is 35.5 Å². The van der Waals surface area contributed by atoms with Gasteiger partial charge in [-0.3, -0.25) is 4.79 Å². The number of ether oxygens (including phenoxy) is 2. The van der Waals surface area contributed by atoms with Gasteiger partial charge in [-0.1, -0.05) is 32.0 Å². The first-order valence-corrected chi connectivity index (χ1v) is 6.43. The fourth-order valence-electron chi connectivity index (χ4n) is 1.76. The van der Waals surface area contributed by atoms with E-state index in [9.17, 15) is 4.79 Å². The Kier molecular flexibility index (Phi) is 5.69. The van der Waals surface area contributed by atoms with E-state index in [0.717, 1.165) is 12.2 Å². The van der Waals surface area contributed by atoms with Crippen LogP contribution in [-0.4, -0.2) is 18.7 Å². The molecule has 0 saturated carbocycles. The van der Waals surface area contributed by atoms with Crippen LogP contribution in [0.5, 0.6) is 5.75 Å². The highest BCUT2D eigenvalue weighted by Gasteiger charge is 2.11. The standard InChI is InChI=1S/C15H22O3/c1-5-11(2)14-8-6-7-9-15(14)17-10-12(3)18-13(4)16/h6-9,11-12H,5,10H2,1-4H3/t11-,12+/m1/s1. The predicted octanol–water partition coefficient (Wildman–Crippen LogP) is 3.53. The van der Waals surface area contributed by atoms with Gasteiger partial charge < -0.3 is 9.47 Å². The molecule has 100 valence electrons. The maximum absolute atomic E-state index is 10.8. The zero-order valence-electron chi connectivity index (χ0n) is 11.6. The van der Waals surface area contributed by atoms with Crippen molar-refractivity contribution in [3.63, 3.8) is 0 Å². The normalized spacial score (nSPS) is 13.8. The van der Waals surface area contributed by atoms with Gasteiger partial charge in [-0.25, -0.2) is 0 Å². The number of benzene rings is 1. The second kappa shape index (κ2) is 7.04. The molecule has 2 atom stereocenters. The number of carbonyl (C=O) groups is 1. The first-order chi connectivity index (χ1) is 8.54. The molecule has 0 aliphatic rings. The van der Waals surface area contributed by atoms with Crippen LogP contribution in [0, 0.1) is 0 Å². The Hall–Kier alpha value is -1.51. The van der Waals surface area contributed by atoms with Crippen LogP contribution in [-0.2, 0) is 9.53 Å². The summed E-state index contributed by atoms with van der Waals surface area (Å²) < 4.78 is 10.8. The van der Waals surface area contributed by atoms with Crippen molar-refractivity contribution >= 4 is 5.97 Å². The lowest BCUT2D eigenvalue weighted by Gasteiger charge is -2.18. The second-order valence-corrected chi connectivity index (χ2v) is 4.58. The van der Waals surface area contributed by atoms with Crippen LogP contribution in [0.25, 0.3) is 0 Å². The summed E-state index contributed by atoms with van der Waals surface area (Å²) in [6.45, 7) is 7.95. The third kappa shape index (κ3) is 4.40. The molecule has 0 radical (unpaired) electrons. The van der Waals surface area contributed by atoms with Crippen molar-refractivity contribution in [1.29, 1.82) is 0 Å². The largest absolute Gasteiger partial charge is 0.489 e. The molecule has 0 heterocycles. The van der Waals surface area contributed by atoms with Crippen molar-refractivity contribution in [3.8, 4) is 5.75 Å². The highest BCUT2D eigenvalue weighted by atomic mass is 16.6. The Balaban J connectivity index is 2.64. The molecule has 3 nitrogen and oxygen atoms in total. The van der Waals surface area contributed by atoms with Crippen LogP contribution in [0.2, 0.25) is 0 Å². The number of rotatable bonds is 6. The molecule has 0 unspecified atom stereocenters. The van der Waals surface area contributed by atoms with Crippen molar-refractivity contribution in [3.05, 3.63) is 29.8 Å². The Morgan fingerprint density at radius 3 is 2.56 bits per heavy atom. The van der Waals surface area contributed by atoms with Crippen molar-refractivity contribution in [2.24, 2.45) is 0 Å². The molecule has 0 fully saturated rings. The zero-order valence-corrected chi connectivity index (χ0v) is 11.6. The molecule has 0 spiro atoms. The Morgan fingerprint density at radius 1 is 1.28 bits per heavy atom. The van der Waals surface area contributed by atoms with Gasteiger partial charge in [0.25, 0.3) is 0 Å². The number of carbonyl (C=O) groups excluding carboxylic acids is 1. The summed E-state index contributed by atoms with van der Waals surface area (Å²) in [5.41, 5.74) is 1.20. The summed E-state index contributed by atoms with van der Waals surface area (Å²) in [4.78, 5) is 10.8. The van der Waals surface area contributed by atoms with E-state index in [1.807, 2.05) is 25.1 Å². The first kappa shape index (κ1) is 14.6. The highest BCUT2D eigenvalue weighted by molar-refractivity contribution is 5.66. The molecule has 0 amide bonds. The lowest BCUT2D eigenvalue weighted by atomic mass is 9.98. The molecule has 18 heavy (non-hydrogen) atoms. The minimum Gasteiger partial charge on any atom is -0.489 e. The summed E-state index contributed by atoms with van der Waals surface area (Å²) in [7, 11) is 0. The van der Waals surface area contributed by atoms with Gasteiger partial charge >= 0.3 is 5.97 Å². The van der Waals surface area contributed by atoms with Crippen LogP contribution in [0.3, 0.4) is 0 Å². The molecule has 1 aromatic carbocycles. The predicted molar refractivity (Wildman–Crippen MR) is 71.9 cm³/mol. The fraction of sp³-hybridized carbons (Fsp3) is 0.533. The van der Waals surface area contributed by atoms with Crippen LogP contribution in [0.4, 0.5) is 0 Å². The molecule has 0 aliphatic heterocycles. The van der Waals surface area contributed by atoms with Gasteiger partial charge in [-0.05, 0) is 30.9 Å². The second-order valence-electron chi connectivity index (χ2n) is 4.58. The molecule has 1 rings (SSSR count). The van der Waals surface area contributed by atoms with Crippen LogP contribution < -0.4 is 4.74 Å². The molecular weight excluding hydrogens is 228 g/mol. The van der Waals surface area contributed by atoms with E-state index in [-0.39, 0.29) is 12.1 Å². The average Bonchev–Trinajstić information content (AvgIpc) is 2.35. The summed E-state index contributed by atoms with van der Waals surface area (Å²) in [5, 5.41) is 0. The van der Waals surface area contributed by atoms with Crippen LogP contribution in [0.15, 0.2) is 24.3 Å². The summed E-state index contributed by atoms with van der Waals surface area (Å²) >= 11 is 0. The summed E-state index contributed by atoms with van der Waals surface area (Å²) in [5.74, 6) is 1.07. The Bertz CT molecular complexity index is 387. The third-order valence-electron chi connectivity index (χ3n) is 2.90. The monoisotopic (exact) mass is 250 g/mol. The minimum absolute atomic E-state index is 0.229. The molecule has 0 N–H and O–H groups in total. The third-order valence-corrected chi connectivity index (χ3v) is 2.90. The first-order valence-electron chi connectivity index (χ1n) is 6.43. The van der Waals surface area contributed by atoms with Crippen LogP contribution in [0.1, 0.15) is 45.6 Å². The van der Waals surface area contributed by atoms with Crippen molar-refractivity contribution in [2.45, 2.75) is 46.1 Å². The molecule has 0 bridgehead atoms. The molecule has 3 heteroatoms. The molecule has 0 saturated heterocycles. The van der Waals surface area contributed by atoms with Gasteiger partial charge in [0.1, 0.15) is 18.5 Å². The Morgan fingerprint density at radius 2 is 1.94 bits per heavy atom. The quantitative estimate of drug-likeness (QED) is 0.724. The summed E-state index contributed by atoms with van der Waals surface area (Å²) in [6.07, 6.45) is 0.840. The van der Waals surface area contributed by atoms with Crippen molar-refractivity contribution in [1.82, 2.24) is 0 Å². The molecule has 1 aromatic rings. The lowest BCUT2D eigenvalue weighted by molar-refractivity contribution is -0.146. The molecular formula is C15H22O3. The zero-order chi connectivity index (χ0) is 13.5. The van der Waals surface area contributed by atoms with E-state index in [2.05, 4.69) is 19.9 Å². The van der Waals surface area contributed by atoms with Gasteiger partial charge in [-0.2, -0.15) is 0 Å². The number of para-hydroxylation sites is 1. The number of esters is 1. The maximum Gasteiger partial charge on any atom is 0.303 e. The van der Waals surface area contributed by atoms with E-state index in [4.69, 9.17) is 9.47 Å². The molecule has 0 aliphatic carbocycles. The van der Waals surface area contributed by atoms with E-state index < -0.39 is 0 Å². The van der Waals surface area contributed by atoms with Crippen molar-refractivity contribution < 1.29 is 14.3 Å². The molecule has 0 aromatic heterocycles. The minimum atomic E-state index is -0.277. The number of hydrogen-bond donors (Lipinski definition) is 0. The van der Waals surface area contributed by atoms with Gasteiger partial charge in [0.2, 0.25) is 0 Å². The van der Waals surface area contributed by atoms with Gasteiger partial charge in [0, 0.05) is 6.92 Å².